The zero-order valence-electron chi connectivity index (χ0n) is 10.9. The minimum Gasteiger partial charge on any atom is -0.479 e. The van der Waals surface area contributed by atoms with Gasteiger partial charge < -0.3 is 10.0 Å². The quantitative estimate of drug-likeness (QED) is 0.860. The highest BCUT2D eigenvalue weighted by Gasteiger charge is 2.49. The molecule has 1 aliphatic rings. The number of halogens is 2. The van der Waals surface area contributed by atoms with E-state index in [-0.39, 0.29) is 13.0 Å². The summed E-state index contributed by atoms with van der Waals surface area (Å²) in [6.07, 6.45) is 2.01. The van der Waals surface area contributed by atoms with E-state index in [4.69, 9.17) is 0 Å². The molecule has 1 amide bonds. The van der Waals surface area contributed by atoms with Gasteiger partial charge in [0, 0.05) is 12.7 Å². The van der Waals surface area contributed by atoms with Gasteiger partial charge in [0.2, 0.25) is 5.95 Å². The monoisotopic (exact) mass is 284 g/mol. The van der Waals surface area contributed by atoms with Gasteiger partial charge >= 0.3 is 5.97 Å². The number of likely N-dealkylation sites (tertiary alicyclic amines) is 1. The summed E-state index contributed by atoms with van der Waals surface area (Å²) in [6, 6.07) is 1.06. The predicted octanol–water partition coefficient (Wildman–Crippen LogP) is 1.83. The Labute approximate surface area is 114 Å². The maximum atomic E-state index is 13.6. The first-order valence-corrected chi connectivity index (χ1v) is 6.29. The maximum Gasteiger partial charge on any atom is 0.329 e. The minimum absolute atomic E-state index is 0.211. The Morgan fingerprint density at radius 3 is 2.80 bits per heavy atom. The van der Waals surface area contributed by atoms with Gasteiger partial charge in [0.05, 0.1) is 5.56 Å². The van der Waals surface area contributed by atoms with E-state index in [9.17, 15) is 23.5 Å². The van der Waals surface area contributed by atoms with E-state index < -0.39 is 34.7 Å². The van der Waals surface area contributed by atoms with Gasteiger partial charge in [-0.3, -0.25) is 4.79 Å². The first kappa shape index (κ1) is 14.4. The molecule has 20 heavy (non-hydrogen) atoms. The van der Waals surface area contributed by atoms with E-state index in [2.05, 4.69) is 4.98 Å². The molecule has 1 fully saturated rings. The standard InChI is InChI=1S/C13H14F2N2O3/c1-2-13(12(19)20)5-3-7-17(13)11(18)8-4-6-16-10(15)9(8)14/h4,6H,2-3,5,7H2,1H3,(H,19,20). The molecular weight excluding hydrogens is 270 g/mol. The number of carbonyl (C=O) groups excluding carboxylic acids is 1. The number of pyridine rings is 1. The van der Waals surface area contributed by atoms with E-state index in [1.807, 2.05) is 0 Å². The lowest BCUT2D eigenvalue weighted by molar-refractivity contribution is -0.148. The van der Waals surface area contributed by atoms with Crippen LogP contribution in [0, 0.1) is 11.8 Å². The zero-order chi connectivity index (χ0) is 14.9. The molecule has 2 rings (SSSR count). The number of aliphatic carboxylic acids is 1. The number of amides is 1. The van der Waals surface area contributed by atoms with Crippen LogP contribution < -0.4 is 0 Å². The van der Waals surface area contributed by atoms with Crippen molar-refractivity contribution in [3.63, 3.8) is 0 Å². The van der Waals surface area contributed by atoms with Crippen LogP contribution in [0.3, 0.4) is 0 Å². The molecule has 7 heteroatoms. The Hall–Kier alpha value is -2.05. The van der Waals surface area contributed by atoms with Crippen LogP contribution in [0.4, 0.5) is 8.78 Å². The number of rotatable bonds is 3. The summed E-state index contributed by atoms with van der Waals surface area (Å²) < 4.78 is 26.7. The molecule has 1 N–H and O–H groups in total. The van der Waals surface area contributed by atoms with Crippen LogP contribution in [0.15, 0.2) is 12.3 Å². The molecule has 0 aromatic carbocycles. The van der Waals surface area contributed by atoms with Gasteiger partial charge in [-0.15, -0.1) is 0 Å². The number of hydrogen-bond acceptors (Lipinski definition) is 3. The molecule has 2 heterocycles. The molecule has 1 aromatic rings. The van der Waals surface area contributed by atoms with E-state index in [0.29, 0.717) is 12.8 Å². The van der Waals surface area contributed by atoms with Crippen molar-refractivity contribution < 1.29 is 23.5 Å². The van der Waals surface area contributed by atoms with Crippen molar-refractivity contribution in [2.45, 2.75) is 31.7 Å². The van der Waals surface area contributed by atoms with Crippen LogP contribution in [-0.2, 0) is 4.79 Å². The number of hydrogen-bond donors (Lipinski definition) is 1. The van der Waals surface area contributed by atoms with Gasteiger partial charge in [-0.25, -0.2) is 14.2 Å². The Bertz CT molecular complexity index is 565. The molecule has 0 radical (unpaired) electrons. The Morgan fingerprint density at radius 1 is 1.50 bits per heavy atom. The summed E-state index contributed by atoms with van der Waals surface area (Å²) in [5.41, 5.74) is -1.83. The Balaban J connectivity index is 2.42. The van der Waals surface area contributed by atoms with E-state index >= 15 is 0 Å². The second-order valence-electron chi connectivity index (χ2n) is 4.71. The van der Waals surface area contributed by atoms with Crippen LogP contribution in [0.2, 0.25) is 0 Å². The van der Waals surface area contributed by atoms with Crippen molar-refractivity contribution in [1.29, 1.82) is 0 Å². The third-order valence-corrected chi connectivity index (χ3v) is 3.79. The van der Waals surface area contributed by atoms with E-state index in [0.717, 1.165) is 17.2 Å². The highest BCUT2D eigenvalue weighted by atomic mass is 19.2. The molecule has 0 bridgehead atoms. The first-order valence-electron chi connectivity index (χ1n) is 6.29. The van der Waals surface area contributed by atoms with E-state index in [1.54, 1.807) is 6.92 Å². The maximum absolute atomic E-state index is 13.6. The lowest BCUT2D eigenvalue weighted by Crippen LogP contribution is -2.52. The summed E-state index contributed by atoms with van der Waals surface area (Å²) in [5, 5.41) is 9.38. The van der Waals surface area contributed by atoms with Gasteiger partial charge in [0.15, 0.2) is 5.82 Å². The Kier molecular flexibility index (Phi) is 3.69. The minimum atomic E-state index is -1.37. The molecule has 0 spiro atoms. The summed E-state index contributed by atoms with van der Waals surface area (Å²) in [4.78, 5) is 28.0. The third-order valence-electron chi connectivity index (χ3n) is 3.79. The van der Waals surface area contributed by atoms with Crippen LogP contribution in [0.1, 0.15) is 36.5 Å². The highest BCUT2D eigenvalue weighted by molar-refractivity contribution is 5.98. The summed E-state index contributed by atoms with van der Waals surface area (Å²) >= 11 is 0. The fraction of sp³-hybridized carbons (Fsp3) is 0.462. The predicted molar refractivity (Wildman–Crippen MR) is 65.1 cm³/mol. The van der Waals surface area contributed by atoms with Gasteiger partial charge in [0.25, 0.3) is 5.91 Å². The molecule has 1 unspecified atom stereocenters. The van der Waals surface area contributed by atoms with Crippen molar-refractivity contribution in [2.75, 3.05) is 6.54 Å². The van der Waals surface area contributed by atoms with Crippen molar-refractivity contribution in [2.24, 2.45) is 0 Å². The number of carbonyl (C=O) groups is 2. The second-order valence-corrected chi connectivity index (χ2v) is 4.71. The summed E-state index contributed by atoms with van der Waals surface area (Å²) in [6.45, 7) is 1.87. The van der Waals surface area contributed by atoms with Gasteiger partial charge in [-0.05, 0) is 25.3 Å². The van der Waals surface area contributed by atoms with E-state index in [1.165, 1.54) is 0 Å². The fourth-order valence-electron chi connectivity index (χ4n) is 2.64. The Morgan fingerprint density at radius 2 is 2.20 bits per heavy atom. The normalized spacial score (nSPS) is 22.1. The van der Waals surface area contributed by atoms with Crippen molar-refractivity contribution in [3.8, 4) is 0 Å². The average Bonchev–Trinajstić information content (AvgIpc) is 2.86. The highest BCUT2D eigenvalue weighted by Crippen LogP contribution is 2.34. The molecule has 1 aliphatic heterocycles. The molecule has 0 aliphatic carbocycles. The number of aromatic nitrogens is 1. The largest absolute Gasteiger partial charge is 0.479 e. The molecule has 1 saturated heterocycles. The average molecular weight is 284 g/mol. The zero-order valence-corrected chi connectivity index (χ0v) is 10.9. The van der Waals surface area contributed by atoms with Crippen molar-refractivity contribution in [1.82, 2.24) is 9.88 Å². The summed E-state index contributed by atoms with van der Waals surface area (Å²) in [7, 11) is 0. The first-order chi connectivity index (χ1) is 9.44. The lowest BCUT2D eigenvalue weighted by atomic mass is 9.92. The number of nitrogens with zero attached hydrogens (tertiary/aromatic N) is 2. The fourth-order valence-corrected chi connectivity index (χ4v) is 2.64. The van der Waals surface area contributed by atoms with Crippen LogP contribution >= 0.6 is 0 Å². The van der Waals surface area contributed by atoms with Crippen LogP contribution in [-0.4, -0.2) is 39.0 Å². The molecular formula is C13H14F2N2O3. The number of carboxylic acids is 1. The van der Waals surface area contributed by atoms with Gasteiger partial charge in [-0.1, -0.05) is 6.92 Å². The SMILES string of the molecule is CCC1(C(=O)O)CCCN1C(=O)c1ccnc(F)c1F. The second kappa shape index (κ2) is 5.15. The summed E-state index contributed by atoms with van der Waals surface area (Å²) in [5.74, 6) is -4.65. The van der Waals surface area contributed by atoms with Crippen molar-refractivity contribution in [3.05, 3.63) is 29.6 Å². The number of carboxylic acid groups (broad SMARTS) is 1. The molecule has 0 saturated carbocycles. The topological polar surface area (TPSA) is 70.5 Å². The van der Waals surface area contributed by atoms with Gasteiger partial charge in [0.1, 0.15) is 5.54 Å². The lowest BCUT2D eigenvalue weighted by Gasteiger charge is -2.33. The van der Waals surface area contributed by atoms with Crippen LogP contribution in [0.5, 0.6) is 0 Å². The molecule has 1 aromatic heterocycles. The molecule has 5 nitrogen and oxygen atoms in total. The molecule has 1 atom stereocenters. The van der Waals surface area contributed by atoms with Crippen LogP contribution in [0.25, 0.3) is 0 Å². The van der Waals surface area contributed by atoms with Crippen molar-refractivity contribution >= 4 is 11.9 Å². The molecule has 108 valence electrons. The smallest absolute Gasteiger partial charge is 0.329 e. The van der Waals surface area contributed by atoms with Gasteiger partial charge in [-0.2, -0.15) is 4.39 Å². The third kappa shape index (κ3) is 2.03.